The number of sulfonamides is 1. The number of benzene rings is 2. The fourth-order valence-electron chi connectivity index (χ4n) is 4.35. The summed E-state index contributed by atoms with van der Waals surface area (Å²) in [6.45, 7) is -0.0199. The van der Waals surface area contributed by atoms with Crippen molar-refractivity contribution in [1.82, 2.24) is 15.0 Å². The molecule has 1 saturated carbocycles. The number of rotatable bonds is 9. The lowest BCUT2D eigenvalue weighted by Gasteiger charge is -2.29. The molecule has 8 nitrogen and oxygen atoms in total. The molecule has 2 aromatic carbocycles. The first-order valence-corrected chi connectivity index (χ1v) is 12.9. The molecule has 0 unspecified atom stereocenters. The van der Waals surface area contributed by atoms with Gasteiger partial charge in [-0.3, -0.25) is 4.79 Å². The van der Waals surface area contributed by atoms with Crippen LogP contribution in [0.2, 0.25) is 0 Å². The smallest absolute Gasteiger partial charge is 0.240 e. The Morgan fingerprint density at radius 3 is 2.38 bits per heavy atom. The van der Waals surface area contributed by atoms with Gasteiger partial charge in [0.15, 0.2) is 6.39 Å². The fourth-order valence-corrected chi connectivity index (χ4v) is 5.65. The standard InChI is InChI=1S/C25H29N3O5S/c29-15-14-23(18-4-2-1-3-5-18)27-25(30)20-6-10-21(11-7-20)28-34(31,32)22-12-8-19(9-13-22)24-16-33-17-26-24/h1-5,8-9,12-13,16-17,20-21,23,28-29H,6-7,10-11,14-15H2,(H,27,30)/t20?,21?,23-/m1/s1. The van der Waals surface area contributed by atoms with Gasteiger partial charge in [-0.05, 0) is 49.8 Å². The molecule has 1 aliphatic carbocycles. The molecule has 1 fully saturated rings. The summed E-state index contributed by atoms with van der Waals surface area (Å²) in [6.07, 6.45) is 5.65. The number of nitrogens with zero attached hydrogens (tertiary/aromatic N) is 1. The van der Waals surface area contributed by atoms with Gasteiger partial charge in [-0.1, -0.05) is 42.5 Å². The van der Waals surface area contributed by atoms with E-state index in [0.29, 0.717) is 37.8 Å². The van der Waals surface area contributed by atoms with E-state index in [1.165, 1.54) is 12.7 Å². The van der Waals surface area contributed by atoms with E-state index >= 15 is 0 Å². The zero-order chi connectivity index (χ0) is 24.0. The first kappa shape index (κ1) is 24.1. The number of hydrogen-bond donors (Lipinski definition) is 3. The van der Waals surface area contributed by atoms with Crippen LogP contribution < -0.4 is 10.0 Å². The Morgan fingerprint density at radius 2 is 1.76 bits per heavy atom. The quantitative estimate of drug-likeness (QED) is 0.429. The number of carbonyl (C=O) groups excluding carboxylic acids is 1. The minimum Gasteiger partial charge on any atom is -0.451 e. The van der Waals surface area contributed by atoms with E-state index in [1.54, 1.807) is 24.3 Å². The summed E-state index contributed by atoms with van der Waals surface area (Å²) in [5.41, 5.74) is 2.37. The molecule has 1 aliphatic rings. The zero-order valence-electron chi connectivity index (χ0n) is 18.8. The summed E-state index contributed by atoms with van der Waals surface area (Å²) in [5.74, 6) is -0.223. The van der Waals surface area contributed by atoms with Crippen LogP contribution in [0.15, 0.2) is 76.6 Å². The maximum absolute atomic E-state index is 12.9. The summed E-state index contributed by atoms with van der Waals surface area (Å²) in [6, 6.07) is 15.6. The molecule has 4 rings (SSSR count). The van der Waals surface area contributed by atoms with Gasteiger partial charge in [-0.15, -0.1) is 0 Å². The average molecular weight is 484 g/mol. The Balaban J connectivity index is 1.31. The lowest BCUT2D eigenvalue weighted by atomic mass is 9.85. The Kier molecular flexibility index (Phi) is 7.77. The van der Waals surface area contributed by atoms with Crippen LogP contribution in [0.1, 0.15) is 43.7 Å². The molecule has 1 heterocycles. The van der Waals surface area contributed by atoms with Crippen molar-refractivity contribution in [2.45, 2.75) is 49.1 Å². The van der Waals surface area contributed by atoms with Crippen LogP contribution in [0.3, 0.4) is 0 Å². The summed E-state index contributed by atoms with van der Waals surface area (Å²) in [7, 11) is -3.67. The van der Waals surface area contributed by atoms with Gasteiger partial charge in [-0.2, -0.15) is 0 Å². The minimum atomic E-state index is -3.67. The summed E-state index contributed by atoms with van der Waals surface area (Å²) < 4.78 is 33.4. The second-order valence-electron chi connectivity index (χ2n) is 8.55. The van der Waals surface area contributed by atoms with Gasteiger partial charge < -0.3 is 14.8 Å². The lowest BCUT2D eigenvalue weighted by molar-refractivity contribution is -0.126. The molecule has 180 valence electrons. The molecule has 0 saturated heterocycles. The number of amides is 1. The molecule has 1 amide bonds. The van der Waals surface area contributed by atoms with Crippen molar-refractivity contribution in [3.05, 3.63) is 72.8 Å². The molecule has 1 atom stereocenters. The van der Waals surface area contributed by atoms with Crippen LogP contribution >= 0.6 is 0 Å². The van der Waals surface area contributed by atoms with Crippen LogP contribution in [0.25, 0.3) is 11.3 Å². The Bertz CT molecular complexity index is 1160. The molecule has 0 aliphatic heterocycles. The van der Waals surface area contributed by atoms with Crippen LogP contribution in [0.4, 0.5) is 0 Å². The molecule has 0 radical (unpaired) electrons. The maximum Gasteiger partial charge on any atom is 0.240 e. The number of carbonyl (C=O) groups is 1. The van der Waals surface area contributed by atoms with Crippen molar-refractivity contribution < 1.29 is 22.7 Å². The maximum atomic E-state index is 12.9. The minimum absolute atomic E-state index is 0.0199. The van der Waals surface area contributed by atoms with Gasteiger partial charge in [0.05, 0.1) is 10.9 Å². The largest absolute Gasteiger partial charge is 0.451 e. The number of nitrogens with one attached hydrogen (secondary N) is 2. The summed E-state index contributed by atoms with van der Waals surface area (Å²) in [4.78, 5) is 17.1. The fraction of sp³-hybridized carbons (Fsp3) is 0.360. The third-order valence-corrected chi connectivity index (χ3v) is 7.79. The lowest BCUT2D eigenvalue weighted by Crippen LogP contribution is -2.41. The Morgan fingerprint density at radius 1 is 1.06 bits per heavy atom. The van der Waals surface area contributed by atoms with Gasteiger partial charge in [0.2, 0.25) is 15.9 Å². The van der Waals surface area contributed by atoms with Crippen molar-refractivity contribution in [1.29, 1.82) is 0 Å². The van der Waals surface area contributed by atoms with Gasteiger partial charge in [0.1, 0.15) is 12.0 Å². The third kappa shape index (κ3) is 5.91. The first-order chi connectivity index (χ1) is 16.5. The molecule has 1 aromatic heterocycles. The van der Waals surface area contributed by atoms with Crippen molar-refractivity contribution in [3.63, 3.8) is 0 Å². The second-order valence-corrected chi connectivity index (χ2v) is 10.3. The highest BCUT2D eigenvalue weighted by molar-refractivity contribution is 7.89. The van der Waals surface area contributed by atoms with Gasteiger partial charge >= 0.3 is 0 Å². The van der Waals surface area contributed by atoms with Crippen LogP contribution in [0, 0.1) is 5.92 Å². The van der Waals surface area contributed by atoms with Crippen molar-refractivity contribution in [2.24, 2.45) is 5.92 Å². The van der Waals surface area contributed by atoms with E-state index in [1.807, 2.05) is 30.3 Å². The summed E-state index contributed by atoms with van der Waals surface area (Å²) in [5, 5.41) is 12.5. The molecular formula is C25H29N3O5S. The number of aliphatic hydroxyl groups is 1. The molecule has 34 heavy (non-hydrogen) atoms. The van der Waals surface area contributed by atoms with Gasteiger partial charge in [0, 0.05) is 24.1 Å². The Labute approximate surface area is 199 Å². The van der Waals surface area contributed by atoms with E-state index < -0.39 is 10.0 Å². The van der Waals surface area contributed by atoms with E-state index in [-0.39, 0.29) is 35.4 Å². The van der Waals surface area contributed by atoms with E-state index in [0.717, 1.165) is 11.1 Å². The average Bonchev–Trinajstić information content (AvgIpc) is 3.40. The highest BCUT2D eigenvalue weighted by Crippen LogP contribution is 2.28. The second kappa shape index (κ2) is 10.9. The van der Waals surface area contributed by atoms with Crippen molar-refractivity contribution in [3.8, 4) is 11.3 Å². The van der Waals surface area contributed by atoms with Crippen LogP contribution in [0.5, 0.6) is 0 Å². The van der Waals surface area contributed by atoms with Gasteiger partial charge in [-0.25, -0.2) is 18.1 Å². The predicted molar refractivity (Wildman–Crippen MR) is 127 cm³/mol. The third-order valence-electron chi connectivity index (χ3n) is 6.25. The predicted octanol–water partition coefficient (Wildman–Crippen LogP) is 3.42. The monoisotopic (exact) mass is 483 g/mol. The highest BCUT2D eigenvalue weighted by atomic mass is 32.2. The number of oxazole rings is 1. The SMILES string of the molecule is O=C(N[C@H](CCO)c1ccccc1)C1CCC(NS(=O)(=O)c2ccc(-c3cocn3)cc2)CC1. The van der Waals surface area contributed by atoms with E-state index in [9.17, 15) is 18.3 Å². The highest BCUT2D eigenvalue weighted by Gasteiger charge is 2.30. The Hall–Kier alpha value is -3.01. The van der Waals surface area contributed by atoms with Gasteiger partial charge in [0.25, 0.3) is 0 Å². The number of aliphatic hydroxyl groups excluding tert-OH is 1. The molecule has 0 spiro atoms. The first-order valence-electron chi connectivity index (χ1n) is 11.4. The van der Waals surface area contributed by atoms with E-state index in [2.05, 4.69) is 15.0 Å². The molecule has 9 heteroatoms. The van der Waals surface area contributed by atoms with Crippen molar-refractivity contribution >= 4 is 15.9 Å². The molecular weight excluding hydrogens is 454 g/mol. The number of aromatic nitrogens is 1. The van der Waals surface area contributed by atoms with Crippen LogP contribution in [-0.4, -0.2) is 37.1 Å². The zero-order valence-corrected chi connectivity index (χ0v) is 19.6. The number of hydrogen-bond acceptors (Lipinski definition) is 6. The molecule has 0 bridgehead atoms. The van der Waals surface area contributed by atoms with Crippen LogP contribution in [-0.2, 0) is 14.8 Å². The topological polar surface area (TPSA) is 122 Å². The van der Waals surface area contributed by atoms with Crippen molar-refractivity contribution in [2.75, 3.05) is 6.61 Å². The molecule has 3 aromatic rings. The molecule has 3 N–H and O–H groups in total. The normalized spacial score (nSPS) is 19.4. The van der Waals surface area contributed by atoms with E-state index in [4.69, 9.17) is 4.42 Å². The summed E-state index contributed by atoms with van der Waals surface area (Å²) >= 11 is 0.